The Kier molecular flexibility index (Phi) is 3.52. The van der Waals surface area contributed by atoms with Crippen LogP contribution in [-0.4, -0.2) is 31.1 Å². The SMILES string of the molecule is COC(=O)C=CN1CCC2(CCCC2)CC1. The van der Waals surface area contributed by atoms with Crippen molar-refractivity contribution in [1.82, 2.24) is 4.90 Å². The molecule has 1 aliphatic carbocycles. The van der Waals surface area contributed by atoms with Gasteiger partial charge in [-0.2, -0.15) is 0 Å². The molecule has 1 heterocycles. The van der Waals surface area contributed by atoms with Crippen molar-refractivity contribution < 1.29 is 9.53 Å². The highest BCUT2D eigenvalue weighted by atomic mass is 16.5. The number of rotatable bonds is 2. The molecule has 0 aromatic carbocycles. The van der Waals surface area contributed by atoms with Gasteiger partial charge in [0.25, 0.3) is 0 Å². The summed E-state index contributed by atoms with van der Waals surface area (Å²) in [7, 11) is 1.41. The summed E-state index contributed by atoms with van der Waals surface area (Å²) in [6.07, 6.45) is 11.6. The van der Waals surface area contributed by atoms with E-state index in [1.807, 2.05) is 6.20 Å². The predicted octanol–water partition coefficient (Wildman–Crippen LogP) is 2.33. The lowest BCUT2D eigenvalue weighted by Crippen LogP contribution is -2.35. The van der Waals surface area contributed by atoms with Crippen LogP contribution in [0.4, 0.5) is 0 Å². The largest absolute Gasteiger partial charge is 0.466 e. The normalized spacial score (nSPS) is 24.2. The van der Waals surface area contributed by atoms with E-state index in [4.69, 9.17) is 0 Å². The topological polar surface area (TPSA) is 29.5 Å². The Hall–Kier alpha value is -0.990. The highest BCUT2D eigenvalue weighted by Gasteiger charge is 2.36. The monoisotopic (exact) mass is 223 g/mol. The maximum atomic E-state index is 11.0. The summed E-state index contributed by atoms with van der Waals surface area (Å²) >= 11 is 0. The highest BCUT2D eigenvalue weighted by molar-refractivity contribution is 5.81. The van der Waals surface area contributed by atoms with Crippen molar-refractivity contribution in [3.63, 3.8) is 0 Å². The molecule has 2 aliphatic rings. The number of ether oxygens (including phenoxy) is 1. The number of piperidine rings is 1. The van der Waals surface area contributed by atoms with Crippen LogP contribution in [0, 0.1) is 5.41 Å². The van der Waals surface area contributed by atoms with Gasteiger partial charge < -0.3 is 9.64 Å². The minimum Gasteiger partial charge on any atom is -0.466 e. The number of carbonyl (C=O) groups is 1. The van der Waals surface area contributed by atoms with Crippen LogP contribution in [0.25, 0.3) is 0 Å². The van der Waals surface area contributed by atoms with Crippen LogP contribution < -0.4 is 0 Å². The van der Waals surface area contributed by atoms with Gasteiger partial charge in [-0.25, -0.2) is 4.79 Å². The van der Waals surface area contributed by atoms with Crippen LogP contribution in [0.1, 0.15) is 38.5 Å². The van der Waals surface area contributed by atoms with E-state index in [0.29, 0.717) is 5.41 Å². The van der Waals surface area contributed by atoms with Crippen LogP contribution in [0.5, 0.6) is 0 Å². The third kappa shape index (κ3) is 2.57. The molecule has 0 radical (unpaired) electrons. The van der Waals surface area contributed by atoms with Crippen molar-refractivity contribution in [3.8, 4) is 0 Å². The van der Waals surface area contributed by atoms with E-state index < -0.39 is 0 Å². The fourth-order valence-corrected chi connectivity index (χ4v) is 3.01. The Balaban J connectivity index is 1.81. The average Bonchev–Trinajstić information content (AvgIpc) is 2.77. The maximum absolute atomic E-state index is 11.0. The molecule has 0 aromatic rings. The molecule has 90 valence electrons. The molecular weight excluding hydrogens is 202 g/mol. The van der Waals surface area contributed by atoms with Gasteiger partial charge >= 0.3 is 5.97 Å². The van der Waals surface area contributed by atoms with E-state index >= 15 is 0 Å². The van der Waals surface area contributed by atoms with E-state index in [1.165, 1.54) is 51.7 Å². The lowest BCUT2D eigenvalue weighted by molar-refractivity contribution is -0.134. The summed E-state index contributed by atoms with van der Waals surface area (Å²) in [4.78, 5) is 13.2. The molecule has 1 aliphatic heterocycles. The van der Waals surface area contributed by atoms with E-state index in [9.17, 15) is 4.79 Å². The summed E-state index contributed by atoms with van der Waals surface area (Å²) in [5.74, 6) is -0.263. The van der Waals surface area contributed by atoms with Gasteiger partial charge in [0.15, 0.2) is 0 Å². The summed E-state index contributed by atoms with van der Waals surface area (Å²) in [6, 6.07) is 0. The van der Waals surface area contributed by atoms with E-state index in [2.05, 4.69) is 9.64 Å². The lowest BCUT2D eigenvalue weighted by Gasteiger charge is -2.38. The summed E-state index contributed by atoms with van der Waals surface area (Å²) < 4.78 is 4.58. The number of hydrogen-bond donors (Lipinski definition) is 0. The quantitative estimate of drug-likeness (QED) is 0.531. The minimum atomic E-state index is -0.263. The molecule has 0 bridgehead atoms. The van der Waals surface area contributed by atoms with Crippen molar-refractivity contribution in [2.24, 2.45) is 5.41 Å². The standard InChI is InChI=1S/C13H21NO2/c1-16-12(15)4-9-14-10-7-13(8-11-14)5-2-3-6-13/h4,9H,2-3,5-8,10-11H2,1H3. The van der Waals surface area contributed by atoms with Gasteiger partial charge in [0.2, 0.25) is 0 Å². The molecule has 2 rings (SSSR count). The van der Waals surface area contributed by atoms with Gasteiger partial charge in [-0.05, 0) is 31.1 Å². The molecule has 1 spiro atoms. The molecule has 2 fully saturated rings. The van der Waals surface area contributed by atoms with Crippen molar-refractivity contribution in [1.29, 1.82) is 0 Å². The number of carbonyl (C=O) groups excluding carboxylic acids is 1. The van der Waals surface area contributed by atoms with Gasteiger partial charge in [-0.15, -0.1) is 0 Å². The maximum Gasteiger partial charge on any atom is 0.331 e. The van der Waals surface area contributed by atoms with E-state index in [0.717, 1.165) is 13.1 Å². The molecule has 1 saturated heterocycles. The first kappa shape index (κ1) is 11.5. The van der Waals surface area contributed by atoms with Crippen molar-refractivity contribution in [3.05, 3.63) is 12.3 Å². The summed E-state index contributed by atoms with van der Waals surface area (Å²) in [5.41, 5.74) is 0.648. The second-order valence-electron chi connectivity index (χ2n) is 5.08. The number of likely N-dealkylation sites (tertiary alicyclic amines) is 1. The van der Waals surface area contributed by atoms with Crippen LogP contribution >= 0.6 is 0 Å². The Morgan fingerprint density at radius 2 is 1.81 bits per heavy atom. The molecule has 1 saturated carbocycles. The van der Waals surface area contributed by atoms with Crippen LogP contribution in [0.3, 0.4) is 0 Å². The van der Waals surface area contributed by atoms with Crippen LogP contribution in [-0.2, 0) is 9.53 Å². The first-order chi connectivity index (χ1) is 7.74. The van der Waals surface area contributed by atoms with Crippen molar-refractivity contribution in [2.75, 3.05) is 20.2 Å². The zero-order valence-electron chi connectivity index (χ0n) is 10.1. The number of esters is 1. The van der Waals surface area contributed by atoms with Gasteiger partial charge in [-0.3, -0.25) is 0 Å². The second kappa shape index (κ2) is 4.89. The highest BCUT2D eigenvalue weighted by Crippen LogP contribution is 2.46. The van der Waals surface area contributed by atoms with Crippen molar-refractivity contribution in [2.45, 2.75) is 38.5 Å². The molecule has 0 aromatic heterocycles. The molecule has 0 atom stereocenters. The Labute approximate surface area is 97.5 Å². The van der Waals surface area contributed by atoms with Gasteiger partial charge in [-0.1, -0.05) is 12.8 Å². The molecule has 3 heteroatoms. The fourth-order valence-electron chi connectivity index (χ4n) is 3.01. The fraction of sp³-hybridized carbons (Fsp3) is 0.769. The molecule has 0 N–H and O–H groups in total. The van der Waals surface area contributed by atoms with Gasteiger partial charge in [0.05, 0.1) is 7.11 Å². The van der Waals surface area contributed by atoms with Gasteiger partial charge in [0, 0.05) is 25.4 Å². The average molecular weight is 223 g/mol. The molecule has 16 heavy (non-hydrogen) atoms. The third-order valence-corrected chi connectivity index (χ3v) is 4.15. The first-order valence-corrected chi connectivity index (χ1v) is 6.24. The Morgan fingerprint density at radius 1 is 1.19 bits per heavy atom. The number of nitrogens with zero attached hydrogens (tertiary/aromatic N) is 1. The smallest absolute Gasteiger partial charge is 0.331 e. The zero-order chi connectivity index (χ0) is 11.4. The predicted molar refractivity (Wildman–Crippen MR) is 62.9 cm³/mol. The van der Waals surface area contributed by atoms with Crippen molar-refractivity contribution >= 4 is 5.97 Å². The summed E-state index contributed by atoms with van der Waals surface area (Å²) in [5, 5.41) is 0. The molecule has 3 nitrogen and oxygen atoms in total. The lowest BCUT2D eigenvalue weighted by atomic mass is 9.77. The number of methoxy groups -OCH3 is 1. The molecular formula is C13H21NO2. The molecule has 0 amide bonds. The Bertz CT molecular complexity index is 270. The van der Waals surface area contributed by atoms with Crippen LogP contribution in [0.2, 0.25) is 0 Å². The third-order valence-electron chi connectivity index (χ3n) is 4.15. The Morgan fingerprint density at radius 3 is 2.38 bits per heavy atom. The molecule has 0 unspecified atom stereocenters. The van der Waals surface area contributed by atoms with E-state index in [1.54, 1.807) is 0 Å². The van der Waals surface area contributed by atoms with Crippen LogP contribution in [0.15, 0.2) is 12.3 Å². The zero-order valence-corrected chi connectivity index (χ0v) is 10.1. The minimum absolute atomic E-state index is 0.263. The first-order valence-electron chi connectivity index (χ1n) is 6.24. The second-order valence-corrected chi connectivity index (χ2v) is 5.08. The van der Waals surface area contributed by atoms with E-state index in [-0.39, 0.29) is 5.97 Å². The number of hydrogen-bond acceptors (Lipinski definition) is 3. The van der Waals surface area contributed by atoms with Gasteiger partial charge in [0.1, 0.15) is 0 Å². The summed E-state index contributed by atoms with van der Waals surface area (Å²) in [6.45, 7) is 2.18.